The van der Waals surface area contributed by atoms with Gasteiger partial charge in [-0.05, 0) is 62.3 Å². The lowest BCUT2D eigenvalue weighted by Gasteiger charge is -2.24. The lowest BCUT2D eigenvalue weighted by Crippen LogP contribution is -2.26. The van der Waals surface area contributed by atoms with Crippen LogP contribution in [0.4, 0.5) is 0 Å². The highest BCUT2D eigenvalue weighted by atomic mass is 32.2. The first-order valence-corrected chi connectivity index (χ1v) is 9.11. The van der Waals surface area contributed by atoms with Crippen molar-refractivity contribution in [1.82, 2.24) is 10.3 Å². The molecule has 1 aliphatic carbocycles. The van der Waals surface area contributed by atoms with Gasteiger partial charge in [0, 0.05) is 22.6 Å². The zero-order chi connectivity index (χ0) is 13.8. The molecule has 1 aliphatic rings. The van der Waals surface area contributed by atoms with E-state index >= 15 is 0 Å². The normalized spacial score (nSPS) is 18.4. The topological polar surface area (TPSA) is 27.8 Å². The summed E-state index contributed by atoms with van der Waals surface area (Å²) in [5, 5.41) is 5.18. The number of unbranched alkanes of at least 4 members (excludes halogenated alkanes) is 1. The molecule has 2 nitrogen and oxygen atoms in total. The summed E-state index contributed by atoms with van der Waals surface area (Å²) in [5.41, 5.74) is 4.30. The molecule has 3 rings (SSSR count). The molecule has 0 amide bonds. The van der Waals surface area contributed by atoms with Crippen LogP contribution in [-0.4, -0.2) is 23.5 Å². The second-order valence-corrected chi connectivity index (χ2v) is 6.65. The Morgan fingerprint density at radius 1 is 1.30 bits per heavy atom. The van der Waals surface area contributed by atoms with Crippen LogP contribution in [0.15, 0.2) is 24.3 Å². The van der Waals surface area contributed by atoms with Crippen LogP contribution < -0.4 is 5.32 Å². The minimum atomic E-state index is 0.528. The molecule has 0 spiro atoms. The summed E-state index contributed by atoms with van der Waals surface area (Å²) in [5.74, 6) is 1.28. The number of aromatic nitrogens is 1. The first kappa shape index (κ1) is 14.0. The Bertz CT molecular complexity index is 561. The Labute approximate surface area is 125 Å². The van der Waals surface area contributed by atoms with Gasteiger partial charge in [-0.2, -0.15) is 11.8 Å². The average Bonchev–Trinajstić information content (AvgIpc) is 2.87. The van der Waals surface area contributed by atoms with E-state index in [0.717, 1.165) is 6.54 Å². The van der Waals surface area contributed by atoms with E-state index in [2.05, 4.69) is 40.8 Å². The maximum atomic E-state index is 3.76. The van der Waals surface area contributed by atoms with Gasteiger partial charge in [-0.25, -0.2) is 0 Å². The zero-order valence-corrected chi connectivity index (χ0v) is 13.1. The third-order valence-corrected chi connectivity index (χ3v) is 4.98. The second kappa shape index (κ2) is 6.68. The van der Waals surface area contributed by atoms with Crippen LogP contribution in [0.2, 0.25) is 0 Å². The van der Waals surface area contributed by atoms with Gasteiger partial charge in [-0.1, -0.05) is 18.2 Å². The Morgan fingerprint density at radius 3 is 3.10 bits per heavy atom. The number of H-pyrrole nitrogens is 1. The number of hydrogen-bond acceptors (Lipinski definition) is 2. The number of nitrogens with one attached hydrogen (secondary N) is 2. The summed E-state index contributed by atoms with van der Waals surface area (Å²) >= 11 is 1.95. The molecule has 2 aromatic rings. The van der Waals surface area contributed by atoms with Crippen molar-refractivity contribution in [1.29, 1.82) is 0 Å². The number of benzene rings is 1. The first-order chi connectivity index (χ1) is 9.90. The van der Waals surface area contributed by atoms with Gasteiger partial charge in [-0.15, -0.1) is 0 Å². The minimum absolute atomic E-state index is 0.528. The molecule has 20 heavy (non-hydrogen) atoms. The Morgan fingerprint density at radius 2 is 2.20 bits per heavy atom. The van der Waals surface area contributed by atoms with Crippen molar-refractivity contribution >= 4 is 22.7 Å². The molecule has 0 radical (unpaired) electrons. The van der Waals surface area contributed by atoms with E-state index in [4.69, 9.17) is 0 Å². The van der Waals surface area contributed by atoms with E-state index in [9.17, 15) is 0 Å². The summed E-state index contributed by atoms with van der Waals surface area (Å²) < 4.78 is 0. The molecule has 1 heterocycles. The predicted molar refractivity (Wildman–Crippen MR) is 89.6 cm³/mol. The van der Waals surface area contributed by atoms with Gasteiger partial charge in [0.2, 0.25) is 0 Å². The molecule has 2 N–H and O–H groups in total. The van der Waals surface area contributed by atoms with E-state index in [1.54, 1.807) is 5.56 Å². The van der Waals surface area contributed by atoms with Gasteiger partial charge in [-0.3, -0.25) is 0 Å². The number of aromatic amines is 1. The number of aryl methyl sites for hydroxylation is 1. The van der Waals surface area contributed by atoms with Gasteiger partial charge in [0.15, 0.2) is 0 Å². The molecule has 1 unspecified atom stereocenters. The average molecular weight is 288 g/mol. The predicted octanol–water partition coefficient (Wildman–Crippen LogP) is 4.28. The molecule has 0 saturated heterocycles. The summed E-state index contributed by atoms with van der Waals surface area (Å²) in [4.78, 5) is 3.65. The summed E-state index contributed by atoms with van der Waals surface area (Å²) in [6, 6.07) is 9.25. The molecule has 0 saturated carbocycles. The standard InChI is InChI=1S/C17H24N2S/c1-20-12-5-4-11-18-16-10-6-8-14-13-7-2-3-9-15(13)19-17(14)16/h2-3,7,9,16,18-19H,4-6,8,10-12H2,1H3. The number of fused-ring (bicyclic) bond motifs is 3. The van der Waals surface area contributed by atoms with E-state index < -0.39 is 0 Å². The van der Waals surface area contributed by atoms with Gasteiger partial charge >= 0.3 is 0 Å². The van der Waals surface area contributed by atoms with Crippen molar-refractivity contribution in [2.45, 2.75) is 38.1 Å². The largest absolute Gasteiger partial charge is 0.357 e. The molecule has 0 aliphatic heterocycles. The number of hydrogen-bond donors (Lipinski definition) is 2. The first-order valence-electron chi connectivity index (χ1n) is 7.72. The monoisotopic (exact) mass is 288 g/mol. The molecule has 0 fully saturated rings. The molecular weight excluding hydrogens is 264 g/mol. The summed E-state index contributed by atoms with van der Waals surface area (Å²) in [6.45, 7) is 1.14. The number of thioether (sulfide) groups is 1. The van der Waals surface area contributed by atoms with Gasteiger partial charge in [0.1, 0.15) is 0 Å². The minimum Gasteiger partial charge on any atom is -0.357 e. The summed E-state index contributed by atoms with van der Waals surface area (Å²) in [6.07, 6.45) is 8.59. The van der Waals surface area contributed by atoms with Crippen LogP contribution in [0.1, 0.15) is 43.0 Å². The highest BCUT2D eigenvalue weighted by Gasteiger charge is 2.23. The van der Waals surface area contributed by atoms with Crippen LogP contribution in [-0.2, 0) is 6.42 Å². The van der Waals surface area contributed by atoms with Crippen LogP contribution in [0.3, 0.4) is 0 Å². The Balaban J connectivity index is 1.70. The lowest BCUT2D eigenvalue weighted by atomic mass is 9.91. The van der Waals surface area contributed by atoms with Crippen LogP contribution >= 0.6 is 11.8 Å². The summed E-state index contributed by atoms with van der Waals surface area (Å²) in [7, 11) is 0. The maximum Gasteiger partial charge on any atom is 0.0476 e. The second-order valence-electron chi connectivity index (χ2n) is 5.66. The highest BCUT2D eigenvalue weighted by molar-refractivity contribution is 7.98. The van der Waals surface area contributed by atoms with Crippen molar-refractivity contribution < 1.29 is 0 Å². The third kappa shape index (κ3) is 2.89. The van der Waals surface area contributed by atoms with E-state index in [1.807, 2.05) is 11.8 Å². The van der Waals surface area contributed by atoms with Gasteiger partial charge in [0.05, 0.1) is 0 Å². The molecule has 3 heteroatoms. The van der Waals surface area contributed by atoms with Crippen LogP contribution in [0.25, 0.3) is 10.9 Å². The quantitative estimate of drug-likeness (QED) is 0.777. The van der Waals surface area contributed by atoms with E-state index in [-0.39, 0.29) is 0 Å². The van der Waals surface area contributed by atoms with E-state index in [0.29, 0.717) is 6.04 Å². The smallest absolute Gasteiger partial charge is 0.0476 e. The fourth-order valence-corrected chi connectivity index (χ4v) is 3.76. The molecule has 1 aromatic heterocycles. The molecular formula is C17H24N2S. The highest BCUT2D eigenvalue weighted by Crippen LogP contribution is 2.34. The Kier molecular flexibility index (Phi) is 4.69. The molecule has 1 atom stereocenters. The zero-order valence-electron chi connectivity index (χ0n) is 12.2. The third-order valence-electron chi connectivity index (χ3n) is 4.28. The van der Waals surface area contributed by atoms with Crippen molar-refractivity contribution in [2.24, 2.45) is 0 Å². The number of rotatable bonds is 6. The Hall–Kier alpha value is -0.930. The lowest BCUT2D eigenvalue weighted by molar-refractivity contribution is 0.449. The molecule has 108 valence electrons. The SMILES string of the molecule is CSCCCCNC1CCCc2c1[nH]c1ccccc21. The fourth-order valence-electron chi connectivity index (χ4n) is 3.27. The maximum absolute atomic E-state index is 3.76. The van der Waals surface area contributed by atoms with Crippen molar-refractivity contribution in [3.63, 3.8) is 0 Å². The van der Waals surface area contributed by atoms with Crippen LogP contribution in [0.5, 0.6) is 0 Å². The van der Waals surface area contributed by atoms with Gasteiger partial charge < -0.3 is 10.3 Å². The van der Waals surface area contributed by atoms with Crippen molar-refractivity contribution in [3.05, 3.63) is 35.5 Å². The molecule has 1 aromatic carbocycles. The van der Waals surface area contributed by atoms with Gasteiger partial charge in [0.25, 0.3) is 0 Å². The fraction of sp³-hybridized carbons (Fsp3) is 0.529. The van der Waals surface area contributed by atoms with Crippen molar-refractivity contribution in [3.8, 4) is 0 Å². The van der Waals surface area contributed by atoms with Crippen LogP contribution in [0, 0.1) is 0 Å². The molecule has 0 bridgehead atoms. The van der Waals surface area contributed by atoms with E-state index in [1.165, 1.54) is 54.5 Å². The number of para-hydroxylation sites is 1. The van der Waals surface area contributed by atoms with Crippen molar-refractivity contribution in [2.75, 3.05) is 18.6 Å².